The van der Waals surface area contributed by atoms with E-state index in [1.807, 2.05) is 6.92 Å². The third kappa shape index (κ3) is 6.99. The van der Waals surface area contributed by atoms with Crippen LogP contribution in [0.4, 0.5) is 0 Å². The second-order valence-corrected chi connectivity index (χ2v) is 4.80. The van der Waals surface area contributed by atoms with Crippen molar-refractivity contribution in [2.24, 2.45) is 0 Å². The van der Waals surface area contributed by atoms with E-state index >= 15 is 0 Å². The molecule has 0 aliphatic rings. The van der Waals surface area contributed by atoms with Gasteiger partial charge in [0, 0.05) is 6.42 Å². The van der Waals surface area contributed by atoms with Gasteiger partial charge in [0.1, 0.15) is 0 Å². The maximum absolute atomic E-state index is 11.8. The molecule has 0 rings (SSSR count). The van der Waals surface area contributed by atoms with Gasteiger partial charge in [-0.3, -0.25) is 13.8 Å². The summed E-state index contributed by atoms with van der Waals surface area (Å²) < 4.78 is 26.2. The summed E-state index contributed by atoms with van der Waals surface area (Å²) in [4.78, 5) is 11.3. The Morgan fingerprint density at radius 3 is 2.06 bits per heavy atom. The van der Waals surface area contributed by atoms with Crippen LogP contribution in [0.25, 0.3) is 0 Å². The fourth-order valence-corrected chi connectivity index (χ4v) is 2.25. The zero-order chi connectivity index (χ0) is 12.4. The van der Waals surface area contributed by atoms with Crippen LogP contribution in [0, 0.1) is 0 Å². The van der Waals surface area contributed by atoms with Crippen LogP contribution in [0.1, 0.15) is 46.5 Å². The second-order valence-electron chi connectivity index (χ2n) is 3.20. The molecule has 16 heavy (non-hydrogen) atoms. The molecule has 0 bridgehead atoms. The second kappa shape index (κ2) is 8.74. The summed E-state index contributed by atoms with van der Waals surface area (Å²) in [5.74, 6) is -0.529. The molecule has 0 spiro atoms. The van der Waals surface area contributed by atoms with E-state index in [1.54, 1.807) is 13.8 Å². The van der Waals surface area contributed by atoms with E-state index < -0.39 is 13.8 Å². The van der Waals surface area contributed by atoms with Crippen molar-refractivity contribution in [1.82, 2.24) is 0 Å². The summed E-state index contributed by atoms with van der Waals surface area (Å²) in [5.41, 5.74) is 0. The molecule has 0 amide bonds. The third-order valence-electron chi connectivity index (χ3n) is 1.77. The standard InChI is InChI=1S/C10H21O5P/c1-4-7-8-9-10(11)15-16(12,13-5-2)14-6-3/h4-9H2,1-3H3. The van der Waals surface area contributed by atoms with Gasteiger partial charge in [-0.15, -0.1) is 0 Å². The van der Waals surface area contributed by atoms with Crippen molar-refractivity contribution in [3.8, 4) is 0 Å². The molecule has 0 atom stereocenters. The first-order chi connectivity index (χ1) is 7.58. The smallest absolute Gasteiger partial charge is 0.370 e. The van der Waals surface area contributed by atoms with Crippen LogP contribution in [0.2, 0.25) is 0 Å². The summed E-state index contributed by atoms with van der Waals surface area (Å²) in [5, 5.41) is 0. The van der Waals surface area contributed by atoms with Crippen molar-refractivity contribution < 1.29 is 22.9 Å². The lowest BCUT2D eigenvalue weighted by Gasteiger charge is -2.15. The fraction of sp³-hybridized carbons (Fsp3) is 0.900. The highest BCUT2D eigenvalue weighted by molar-refractivity contribution is 7.49. The van der Waals surface area contributed by atoms with E-state index in [4.69, 9.17) is 13.6 Å². The molecular weight excluding hydrogens is 231 g/mol. The van der Waals surface area contributed by atoms with Crippen molar-refractivity contribution in [3.63, 3.8) is 0 Å². The number of unbranched alkanes of at least 4 members (excludes halogenated alkanes) is 2. The van der Waals surface area contributed by atoms with E-state index in [1.165, 1.54) is 0 Å². The summed E-state index contributed by atoms with van der Waals surface area (Å²) in [6.07, 6.45) is 2.94. The molecule has 0 aromatic heterocycles. The van der Waals surface area contributed by atoms with E-state index in [0.29, 0.717) is 0 Å². The molecule has 0 saturated carbocycles. The van der Waals surface area contributed by atoms with Gasteiger partial charge in [-0.1, -0.05) is 19.8 Å². The van der Waals surface area contributed by atoms with Crippen LogP contribution in [-0.4, -0.2) is 19.2 Å². The van der Waals surface area contributed by atoms with E-state index in [0.717, 1.165) is 19.3 Å². The fourth-order valence-electron chi connectivity index (χ4n) is 1.10. The normalized spacial score (nSPS) is 11.4. The molecule has 0 heterocycles. The SMILES string of the molecule is CCCCCC(=O)OP(=O)(OCC)OCC. The lowest BCUT2D eigenvalue weighted by molar-refractivity contribution is -0.136. The Hall–Kier alpha value is -0.380. The quantitative estimate of drug-likeness (QED) is 0.465. The molecule has 0 unspecified atom stereocenters. The van der Waals surface area contributed by atoms with Crippen LogP contribution in [0.3, 0.4) is 0 Å². The first kappa shape index (κ1) is 15.6. The maximum Gasteiger partial charge on any atom is 0.532 e. The van der Waals surface area contributed by atoms with Crippen LogP contribution in [0.5, 0.6) is 0 Å². The molecule has 0 aromatic carbocycles. The minimum atomic E-state index is -3.67. The van der Waals surface area contributed by atoms with Crippen molar-refractivity contribution >= 4 is 13.8 Å². The molecule has 96 valence electrons. The van der Waals surface area contributed by atoms with E-state index in [-0.39, 0.29) is 19.6 Å². The number of carbonyl (C=O) groups is 1. The first-order valence-electron chi connectivity index (χ1n) is 5.69. The molecule has 0 N–H and O–H groups in total. The van der Waals surface area contributed by atoms with Crippen molar-refractivity contribution in [2.45, 2.75) is 46.5 Å². The van der Waals surface area contributed by atoms with Gasteiger partial charge in [0.2, 0.25) is 0 Å². The highest BCUT2D eigenvalue weighted by Crippen LogP contribution is 2.49. The number of phosphoric ester groups is 1. The molecule has 0 aliphatic carbocycles. The average Bonchev–Trinajstić information content (AvgIpc) is 2.18. The van der Waals surface area contributed by atoms with Crippen LogP contribution in [0.15, 0.2) is 0 Å². The Bertz CT molecular complexity index is 231. The lowest BCUT2D eigenvalue weighted by Crippen LogP contribution is -2.07. The number of hydrogen-bond donors (Lipinski definition) is 0. The predicted octanol–water partition coefficient (Wildman–Crippen LogP) is 3.29. The summed E-state index contributed by atoms with van der Waals surface area (Å²) in [6, 6.07) is 0. The van der Waals surface area contributed by atoms with Crippen LogP contribution in [-0.2, 0) is 22.9 Å². The number of carbonyl (C=O) groups excluding carboxylic acids is 1. The molecule has 0 aliphatic heterocycles. The van der Waals surface area contributed by atoms with Gasteiger partial charge in [0.05, 0.1) is 13.2 Å². The number of hydrogen-bond acceptors (Lipinski definition) is 5. The lowest BCUT2D eigenvalue weighted by atomic mass is 10.2. The molecule has 0 radical (unpaired) electrons. The maximum atomic E-state index is 11.8. The minimum absolute atomic E-state index is 0.180. The zero-order valence-corrected chi connectivity index (χ0v) is 11.1. The molecule has 0 saturated heterocycles. The Labute approximate surface area is 97.1 Å². The van der Waals surface area contributed by atoms with Gasteiger partial charge in [-0.2, -0.15) is 0 Å². The Balaban J connectivity index is 4.07. The van der Waals surface area contributed by atoms with Gasteiger partial charge >= 0.3 is 13.8 Å². The highest BCUT2D eigenvalue weighted by atomic mass is 31.2. The van der Waals surface area contributed by atoms with Gasteiger partial charge < -0.3 is 4.52 Å². The Morgan fingerprint density at radius 1 is 1.06 bits per heavy atom. The highest BCUT2D eigenvalue weighted by Gasteiger charge is 2.29. The van der Waals surface area contributed by atoms with Crippen LogP contribution >= 0.6 is 7.82 Å². The predicted molar refractivity (Wildman–Crippen MR) is 61.1 cm³/mol. The van der Waals surface area contributed by atoms with Gasteiger partial charge in [-0.05, 0) is 20.3 Å². The minimum Gasteiger partial charge on any atom is -0.370 e. The van der Waals surface area contributed by atoms with Crippen molar-refractivity contribution in [2.75, 3.05) is 13.2 Å². The largest absolute Gasteiger partial charge is 0.532 e. The Morgan fingerprint density at radius 2 is 1.62 bits per heavy atom. The number of phosphoric acid groups is 1. The summed E-state index contributed by atoms with van der Waals surface area (Å²) in [6.45, 7) is 5.73. The molecule has 6 heteroatoms. The van der Waals surface area contributed by atoms with E-state index in [2.05, 4.69) is 0 Å². The topological polar surface area (TPSA) is 61.8 Å². The molecular formula is C10H21O5P. The summed E-state index contributed by atoms with van der Waals surface area (Å²) in [7, 11) is -3.67. The Kier molecular flexibility index (Phi) is 8.53. The van der Waals surface area contributed by atoms with Crippen molar-refractivity contribution in [1.29, 1.82) is 0 Å². The van der Waals surface area contributed by atoms with Gasteiger partial charge in [0.25, 0.3) is 0 Å². The van der Waals surface area contributed by atoms with Crippen molar-refractivity contribution in [3.05, 3.63) is 0 Å². The number of rotatable bonds is 9. The molecule has 5 nitrogen and oxygen atoms in total. The summed E-state index contributed by atoms with van der Waals surface area (Å²) >= 11 is 0. The third-order valence-corrected chi connectivity index (χ3v) is 3.35. The van der Waals surface area contributed by atoms with E-state index in [9.17, 15) is 9.36 Å². The first-order valence-corrected chi connectivity index (χ1v) is 7.15. The van der Waals surface area contributed by atoms with Gasteiger partial charge in [0.15, 0.2) is 0 Å². The monoisotopic (exact) mass is 252 g/mol. The van der Waals surface area contributed by atoms with Gasteiger partial charge in [-0.25, -0.2) is 4.57 Å². The molecule has 0 aromatic rings. The molecule has 0 fully saturated rings. The van der Waals surface area contributed by atoms with Crippen LogP contribution < -0.4 is 0 Å². The average molecular weight is 252 g/mol. The zero-order valence-electron chi connectivity index (χ0n) is 10.2.